The summed E-state index contributed by atoms with van der Waals surface area (Å²) in [7, 11) is -3.62. The molecule has 9 heteroatoms. The molecule has 3 aromatic carbocycles. The molecule has 1 atom stereocenters. The quantitative estimate of drug-likeness (QED) is 0.264. The van der Waals surface area contributed by atoms with E-state index in [0.29, 0.717) is 36.8 Å². The molecular weight excluding hydrogens is 536 g/mol. The Morgan fingerprint density at radius 2 is 1.51 bits per heavy atom. The number of fused-ring (bicyclic) bond motifs is 1. The number of rotatable bonds is 7. The molecule has 1 saturated heterocycles. The Morgan fingerprint density at radius 1 is 0.878 bits per heavy atom. The average molecular weight is 575 g/mol. The highest BCUT2D eigenvalue weighted by atomic mass is 32.2. The number of benzene rings is 3. The van der Waals surface area contributed by atoms with Crippen LogP contribution in [0.2, 0.25) is 0 Å². The van der Waals surface area contributed by atoms with Crippen molar-refractivity contribution in [3.63, 3.8) is 0 Å². The molecule has 5 aliphatic rings. The van der Waals surface area contributed by atoms with Crippen LogP contribution in [0.5, 0.6) is 0 Å². The summed E-state index contributed by atoms with van der Waals surface area (Å²) in [6.07, 6.45) is 7.79. The Labute approximate surface area is 241 Å². The van der Waals surface area contributed by atoms with Crippen molar-refractivity contribution in [3.05, 3.63) is 70.8 Å². The zero-order chi connectivity index (χ0) is 28.4. The molecule has 5 fully saturated rings. The zero-order valence-corrected chi connectivity index (χ0v) is 24.4. The second-order valence-corrected chi connectivity index (χ2v) is 14.9. The van der Waals surface area contributed by atoms with Gasteiger partial charge >= 0.3 is 0 Å². The Bertz CT molecular complexity index is 1560. The molecule has 8 nitrogen and oxygen atoms in total. The minimum atomic E-state index is -3.62. The molecule has 4 saturated carbocycles. The van der Waals surface area contributed by atoms with Crippen LogP contribution >= 0.6 is 0 Å². The third kappa shape index (κ3) is 4.77. The van der Waals surface area contributed by atoms with Gasteiger partial charge < -0.3 is 10.2 Å². The standard InChI is InChI=1S/C32H38N4O4S/c1-22(32-19-23-14-24(20-32)16-25(15-23)21-32)33-30-18-28(7-9-31(30)36(37)38)34-10-12-35(13-11-34)41(39,40)29-8-6-26-4-2-3-5-27(26)17-29/h2-9,17-18,22-25,33H,10-16,19-21H2,1H3/t22-,23?,24?,25?,32?/m1/s1. The zero-order valence-electron chi connectivity index (χ0n) is 23.5. The molecule has 1 heterocycles. The van der Waals surface area contributed by atoms with Crippen LogP contribution in [0.4, 0.5) is 17.1 Å². The number of nitro benzene ring substituents is 1. The largest absolute Gasteiger partial charge is 0.376 e. The van der Waals surface area contributed by atoms with Gasteiger partial charge in [0.2, 0.25) is 10.0 Å². The maximum Gasteiger partial charge on any atom is 0.292 e. The van der Waals surface area contributed by atoms with Gasteiger partial charge in [0.05, 0.1) is 9.82 Å². The van der Waals surface area contributed by atoms with E-state index >= 15 is 0 Å². The van der Waals surface area contributed by atoms with Gasteiger partial charge in [0, 0.05) is 44.0 Å². The first-order valence-electron chi connectivity index (χ1n) is 15.0. The molecule has 1 aliphatic heterocycles. The van der Waals surface area contributed by atoms with Crippen LogP contribution in [0, 0.1) is 33.3 Å². The lowest BCUT2D eigenvalue weighted by molar-refractivity contribution is -0.384. The van der Waals surface area contributed by atoms with E-state index in [1.54, 1.807) is 28.6 Å². The number of sulfonamides is 1. The van der Waals surface area contributed by atoms with Gasteiger partial charge in [-0.15, -0.1) is 0 Å². The van der Waals surface area contributed by atoms with Crippen molar-refractivity contribution in [1.82, 2.24) is 4.31 Å². The van der Waals surface area contributed by atoms with E-state index in [1.165, 1.54) is 38.5 Å². The molecule has 0 spiro atoms. The second kappa shape index (κ2) is 9.98. The first kappa shape index (κ1) is 26.7. The van der Waals surface area contributed by atoms with Crippen molar-refractivity contribution < 1.29 is 13.3 Å². The summed E-state index contributed by atoms with van der Waals surface area (Å²) < 4.78 is 28.5. The molecule has 0 unspecified atom stereocenters. The lowest BCUT2D eigenvalue weighted by atomic mass is 9.48. The first-order valence-corrected chi connectivity index (χ1v) is 16.4. The summed E-state index contributed by atoms with van der Waals surface area (Å²) in [5.74, 6) is 2.44. The van der Waals surface area contributed by atoms with Crippen molar-refractivity contribution in [1.29, 1.82) is 0 Å². The number of piperazine rings is 1. The van der Waals surface area contributed by atoms with E-state index in [-0.39, 0.29) is 22.1 Å². The molecular formula is C32H38N4O4S. The molecule has 4 aliphatic carbocycles. The van der Waals surface area contributed by atoms with Crippen LogP contribution in [0.1, 0.15) is 45.4 Å². The lowest BCUT2D eigenvalue weighted by Gasteiger charge is -2.59. The van der Waals surface area contributed by atoms with Crippen LogP contribution < -0.4 is 10.2 Å². The highest BCUT2D eigenvalue weighted by Crippen LogP contribution is 2.61. The third-order valence-electron chi connectivity index (χ3n) is 10.5. The summed E-state index contributed by atoms with van der Waals surface area (Å²) in [5, 5.41) is 17.5. The van der Waals surface area contributed by atoms with Crippen LogP contribution in [-0.4, -0.2) is 49.9 Å². The Morgan fingerprint density at radius 3 is 2.15 bits per heavy atom. The molecule has 4 bridgehead atoms. The summed E-state index contributed by atoms with van der Waals surface area (Å²) in [6, 6.07) is 18.5. The summed E-state index contributed by atoms with van der Waals surface area (Å²) in [4.78, 5) is 14.1. The van der Waals surface area contributed by atoms with Gasteiger partial charge in [0.25, 0.3) is 5.69 Å². The van der Waals surface area contributed by atoms with E-state index in [2.05, 4.69) is 17.1 Å². The minimum absolute atomic E-state index is 0.0999. The fraction of sp³-hybridized carbons (Fsp3) is 0.500. The minimum Gasteiger partial charge on any atom is -0.376 e. The monoisotopic (exact) mass is 574 g/mol. The van der Waals surface area contributed by atoms with Crippen molar-refractivity contribution in [2.75, 3.05) is 36.4 Å². The number of nitrogens with one attached hydrogen (secondary N) is 1. The van der Waals surface area contributed by atoms with Crippen molar-refractivity contribution in [2.45, 2.75) is 56.4 Å². The van der Waals surface area contributed by atoms with E-state index in [9.17, 15) is 18.5 Å². The van der Waals surface area contributed by atoms with Crippen LogP contribution in [0.15, 0.2) is 65.6 Å². The van der Waals surface area contributed by atoms with Crippen molar-refractivity contribution in [3.8, 4) is 0 Å². The first-order chi connectivity index (χ1) is 19.7. The highest BCUT2D eigenvalue weighted by Gasteiger charge is 2.53. The van der Waals surface area contributed by atoms with Gasteiger partial charge in [-0.2, -0.15) is 4.31 Å². The van der Waals surface area contributed by atoms with Gasteiger partial charge in [-0.1, -0.05) is 30.3 Å². The van der Waals surface area contributed by atoms with E-state index in [4.69, 9.17) is 0 Å². The van der Waals surface area contributed by atoms with Gasteiger partial charge in [0.1, 0.15) is 5.69 Å². The molecule has 0 amide bonds. The van der Waals surface area contributed by atoms with Gasteiger partial charge in [-0.05, 0) is 104 Å². The number of nitrogens with zero attached hydrogens (tertiary/aromatic N) is 3. The molecule has 3 aromatic rings. The Kier molecular flexibility index (Phi) is 6.50. The fourth-order valence-corrected chi connectivity index (χ4v) is 10.2. The maximum absolute atomic E-state index is 13.5. The van der Waals surface area contributed by atoms with Gasteiger partial charge in [0.15, 0.2) is 0 Å². The molecule has 216 valence electrons. The predicted molar refractivity (Wildman–Crippen MR) is 162 cm³/mol. The Balaban J connectivity index is 1.07. The van der Waals surface area contributed by atoms with Crippen molar-refractivity contribution in [2.24, 2.45) is 23.2 Å². The summed E-state index contributed by atoms with van der Waals surface area (Å²) in [5.41, 5.74) is 1.78. The average Bonchev–Trinajstić information content (AvgIpc) is 2.96. The normalized spacial score (nSPS) is 28.6. The SMILES string of the molecule is C[C@@H](Nc1cc(N2CCN(S(=O)(=O)c3ccc4ccccc4c3)CC2)ccc1[N+](=O)[O-])C12CC3CC(CC(C3)C1)C2. The molecule has 8 rings (SSSR count). The predicted octanol–water partition coefficient (Wildman–Crippen LogP) is 6.28. The number of hydrogen-bond acceptors (Lipinski definition) is 6. The summed E-state index contributed by atoms with van der Waals surface area (Å²) >= 11 is 0. The van der Waals surface area contributed by atoms with E-state index in [1.807, 2.05) is 36.4 Å². The molecule has 0 aromatic heterocycles. The molecule has 41 heavy (non-hydrogen) atoms. The second-order valence-electron chi connectivity index (χ2n) is 13.0. The Hall–Kier alpha value is -3.17. The van der Waals surface area contributed by atoms with E-state index in [0.717, 1.165) is 34.2 Å². The van der Waals surface area contributed by atoms with Crippen molar-refractivity contribution >= 4 is 37.9 Å². The van der Waals surface area contributed by atoms with Crippen LogP contribution in [0.3, 0.4) is 0 Å². The number of hydrogen-bond donors (Lipinski definition) is 1. The number of anilines is 2. The molecule has 1 N–H and O–H groups in total. The van der Waals surface area contributed by atoms with Gasteiger partial charge in [-0.25, -0.2) is 8.42 Å². The molecule has 0 radical (unpaired) electrons. The maximum atomic E-state index is 13.5. The van der Waals surface area contributed by atoms with Crippen LogP contribution in [-0.2, 0) is 10.0 Å². The smallest absolute Gasteiger partial charge is 0.292 e. The number of nitro groups is 1. The van der Waals surface area contributed by atoms with E-state index < -0.39 is 10.0 Å². The van der Waals surface area contributed by atoms with Crippen LogP contribution in [0.25, 0.3) is 10.8 Å². The topological polar surface area (TPSA) is 95.8 Å². The lowest BCUT2D eigenvalue weighted by Crippen LogP contribution is -2.53. The fourth-order valence-electron chi connectivity index (χ4n) is 8.75. The highest BCUT2D eigenvalue weighted by molar-refractivity contribution is 7.89. The third-order valence-corrected chi connectivity index (χ3v) is 12.4. The summed E-state index contributed by atoms with van der Waals surface area (Å²) in [6.45, 7) is 3.99. The van der Waals surface area contributed by atoms with Gasteiger partial charge in [-0.3, -0.25) is 10.1 Å².